The molecule has 2 aromatic rings. The van der Waals surface area contributed by atoms with Crippen molar-refractivity contribution in [2.24, 2.45) is 0 Å². The summed E-state index contributed by atoms with van der Waals surface area (Å²) < 4.78 is 32.4. The zero-order valence-corrected chi connectivity index (χ0v) is 16.5. The van der Waals surface area contributed by atoms with Gasteiger partial charge in [0.1, 0.15) is 5.75 Å². The molecule has 0 aliphatic carbocycles. The van der Waals surface area contributed by atoms with E-state index in [9.17, 15) is 8.42 Å². The van der Waals surface area contributed by atoms with Gasteiger partial charge in [-0.15, -0.1) is 12.4 Å². The quantitative estimate of drug-likeness (QED) is 0.731. The Labute approximate surface area is 161 Å². The monoisotopic (exact) mass is 396 g/mol. The van der Waals surface area contributed by atoms with Crippen LogP contribution < -0.4 is 9.46 Å². The fraction of sp³-hybridized carbons (Fsp3) is 0.368. The SMILES string of the molecule is COc1cccc(S(=O)(=O)NCCCN2CCc3ccccc3C2)c1.Cl. The summed E-state index contributed by atoms with van der Waals surface area (Å²) >= 11 is 0. The fourth-order valence-corrected chi connectivity index (χ4v) is 4.21. The molecule has 5 nitrogen and oxygen atoms in total. The lowest BCUT2D eigenvalue weighted by molar-refractivity contribution is 0.251. The van der Waals surface area contributed by atoms with E-state index in [-0.39, 0.29) is 17.3 Å². The van der Waals surface area contributed by atoms with Crippen LogP contribution in [0.2, 0.25) is 0 Å². The van der Waals surface area contributed by atoms with Crippen LogP contribution in [0, 0.1) is 0 Å². The number of hydrogen-bond donors (Lipinski definition) is 1. The summed E-state index contributed by atoms with van der Waals surface area (Å²) in [5.74, 6) is 0.537. The molecule has 0 saturated carbocycles. The van der Waals surface area contributed by atoms with E-state index in [1.54, 1.807) is 18.2 Å². The van der Waals surface area contributed by atoms with E-state index in [1.807, 2.05) is 0 Å². The van der Waals surface area contributed by atoms with Crippen LogP contribution in [0.15, 0.2) is 53.4 Å². The Morgan fingerprint density at radius 1 is 1.12 bits per heavy atom. The minimum atomic E-state index is -3.49. The van der Waals surface area contributed by atoms with Gasteiger partial charge in [-0.25, -0.2) is 13.1 Å². The Balaban J connectivity index is 0.00000243. The van der Waals surface area contributed by atoms with E-state index in [0.717, 1.165) is 32.5 Å². The van der Waals surface area contributed by atoms with Gasteiger partial charge in [-0.3, -0.25) is 4.90 Å². The van der Waals surface area contributed by atoms with Gasteiger partial charge in [0.25, 0.3) is 0 Å². The van der Waals surface area contributed by atoms with Crippen LogP contribution in [0.4, 0.5) is 0 Å². The molecule has 0 atom stereocenters. The van der Waals surface area contributed by atoms with Crippen molar-refractivity contribution in [2.75, 3.05) is 26.7 Å². The van der Waals surface area contributed by atoms with Gasteiger partial charge in [0.2, 0.25) is 10.0 Å². The van der Waals surface area contributed by atoms with Gasteiger partial charge in [-0.05, 0) is 42.6 Å². The standard InChI is InChI=1S/C19H24N2O3S.ClH/c1-24-18-8-4-9-19(14-18)25(22,23)20-11-5-12-21-13-10-16-6-2-3-7-17(16)15-21;/h2-4,6-9,14,20H,5,10-13,15H2,1H3;1H. The van der Waals surface area contributed by atoms with Crippen molar-refractivity contribution < 1.29 is 13.2 Å². The number of halogens is 1. The number of fused-ring (bicyclic) bond motifs is 1. The van der Waals surface area contributed by atoms with E-state index in [0.29, 0.717) is 12.3 Å². The van der Waals surface area contributed by atoms with Crippen molar-refractivity contribution in [1.29, 1.82) is 0 Å². The van der Waals surface area contributed by atoms with Gasteiger partial charge < -0.3 is 4.74 Å². The molecular formula is C19H25ClN2O3S. The predicted octanol–water partition coefficient (Wildman–Crippen LogP) is 2.84. The molecule has 1 heterocycles. The third kappa shape index (κ3) is 5.20. The van der Waals surface area contributed by atoms with E-state index < -0.39 is 10.0 Å². The number of sulfonamides is 1. The van der Waals surface area contributed by atoms with E-state index in [2.05, 4.69) is 33.9 Å². The molecule has 1 aliphatic rings. The first kappa shape index (κ1) is 20.7. The van der Waals surface area contributed by atoms with Gasteiger partial charge in [0.05, 0.1) is 12.0 Å². The molecule has 7 heteroatoms. The van der Waals surface area contributed by atoms with Gasteiger partial charge in [0.15, 0.2) is 0 Å². The van der Waals surface area contributed by atoms with Crippen LogP contribution >= 0.6 is 12.4 Å². The number of nitrogens with one attached hydrogen (secondary N) is 1. The molecule has 0 spiro atoms. The molecule has 1 N–H and O–H groups in total. The van der Waals surface area contributed by atoms with Crippen molar-refractivity contribution in [2.45, 2.75) is 24.3 Å². The molecule has 0 unspecified atom stereocenters. The zero-order chi connectivity index (χ0) is 17.7. The van der Waals surface area contributed by atoms with Crippen molar-refractivity contribution >= 4 is 22.4 Å². The van der Waals surface area contributed by atoms with Gasteiger partial charge in [0, 0.05) is 25.7 Å². The third-order valence-corrected chi connectivity index (χ3v) is 5.96. The maximum atomic E-state index is 12.3. The summed E-state index contributed by atoms with van der Waals surface area (Å²) in [6.45, 7) is 3.28. The van der Waals surface area contributed by atoms with Crippen LogP contribution in [-0.2, 0) is 23.0 Å². The summed E-state index contributed by atoms with van der Waals surface area (Å²) in [4.78, 5) is 2.61. The maximum Gasteiger partial charge on any atom is 0.240 e. The summed E-state index contributed by atoms with van der Waals surface area (Å²) in [6.07, 6.45) is 1.84. The molecule has 0 bridgehead atoms. The molecule has 3 rings (SSSR count). The molecule has 0 saturated heterocycles. The van der Waals surface area contributed by atoms with Gasteiger partial charge in [-0.1, -0.05) is 30.3 Å². The highest BCUT2D eigenvalue weighted by molar-refractivity contribution is 7.89. The van der Waals surface area contributed by atoms with Crippen molar-refractivity contribution in [3.8, 4) is 5.75 Å². The molecule has 1 aliphatic heterocycles. The lowest BCUT2D eigenvalue weighted by atomic mass is 10.00. The largest absolute Gasteiger partial charge is 0.497 e. The summed E-state index contributed by atoms with van der Waals surface area (Å²) in [6, 6.07) is 15.0. The first-order valence-electron chi connectivity index (χ1n) is 8.51. The topological polar surface area (TPSA) is 58.6 Å². The third-order valence-electron chi connectivity index (χ3n) is 4.50. The Hall–Kier alpha value is -1.60. The zero-order valence-electron chi connectivity index (χ0n) is 14.8. The maximum absolute atomic E-state index is 12.3. The molecule has 142 valence electrons. The average molecular weight is 397 g/mol. The van der Waals surface area contributed by atoms with Crippen molar-refractivity contribution in [3.05, 3.63) is 59.7 Å². The highest BCUT2D eigenvalue weighted by atomic mass is 35.5. The minimum absolute atomic E-state index is 0. The number of ether oxygens (including phenoxy) is 1. The lowest BCUT2D eigenvalue weighted by Gasteiger charge is -2.28. The van der Waals surface area contributed by atoms with Crippen LogP contribution in [0.5, 0.6) is 5.75 Å². The Kier molecular flexibility index (Phi) is 7.46. The predicted molar refractivity (Wildman–Crippen MR) is 105 cm³/mol. The smallest absolute Gasteiger partial charge is 0.240 e. The summed E-state index contributed by atoms with van der Waals surface area (Å²) in [5.41, 5.74) is 2.81. The fourth-order valence-electron chi connectivity index (χ4n) is 3.11. The number of benzene rings is 2. The minimum Gasteiger partial charge on any atom is -0.497 e. The number of methoxy groups -OCH3 is 1. The summed E-state index contributed by atoms with van der Waals surface area (Å²) in [5, 5.41) is 0. The second kappa shape index (κ2) is 9.37. The molecule has 26 heavy (non-hydrogen) atoms. The lowest BCUT2D eigenvalue weighted by Crippen LogP contribution is -2.33. The molecule has 2 aromatic carbocycles. The van der Waals surface area contributed by atoms with Crippen LogP contribution in [0.1, 0.15) is 17.5 Å². The summed E-state index contributed by atoms with van der Waals surface area (Å²) in [7, 11) is -1.97. The molecule has 0 amide bonds. The number of rotatable bonds is 7. The van der Waals surface area contributed by atoms with E-state index >= 15 is 0 Å². The normalized spacial score (nSPS) is 14.3. The van der Waals surface area contributed by atoms with Gasteiger partial charge >= 0.3 is 0 Å². The number of hydrogen-bond acceptors (Lipinski definition) is 4. The van der Waals surface area contributed by atoms with Gasteiger partial charge in [-0.2, -0.15) is 0 Å². The second-order valence-corrected chi connectivity index (χ2v) is 7.99. The molecular weight excluding hydrogens is 372 g/mol. The molecule has 0 radical (unpaired) electrons. The highest BCUT2D eigenvalue weighted by Crippen LogP contribution is 2.19. The number of nitrogens with zero attached hydrogens (tertiary/aromatic N) is 1. The van der Waals surface area contributed by atoms with Crippen LogP contribution in [0.3, 0.4) is 0 Å². The Bertz CT molecular complexity index is 827. The second-order valence-electron chi connectivity index (χ2n) is 6.23. The van der Waals surface area contributed by atoms with E-state index in [1.165, 1.54) is 24.3 Å². The average Bonchev–Trinajstić information content (AvgIpc) is 2.65. The van der Waals surface area contributed by atoms with Crippen molar-refractivity contribution in [1.82, 2.24) is 9.62 Å². The Morgan fingerprint density at radius 3 is 2.65 bits per heavy atom. The van der Waals surface area contributed by atoms with Crippen LogP contribution in [-0.4, -0.2) is 40.1 Å². The molecule has 0 fully saturated rings. The van der Waals surface area contributed by atoms with Crippen molar-refractivity contribution in [3.63, 3.8) is 0 Å². The van der Waals surface area contributed by atoms with E-state index in [4.69, 9.17) is 4.74 Å². The first-order chi connectivity index (χ1) is 12.1. The Morgan fingerprint density at radius 2 is 1.88 bits per heavy atom. The highest BCUT2D eigenvalue weighted by Gasteiger charge is 2.17. The molecule has 0 aromatic heterocycles. The van der Waals surface area contributed by atoms with Crippen LogP contribution in [0.25, 0.3) is 0 Å². The first-order valence-corrected chi connectivity index (χ1v) is 10.00.